The van der Waals surface area contributed by atoms with Crippen LogP contribution in [0.25, 0.3) is 11.1 Å². The van der Waals surface area contributed by atoms with Crippen molar-refractivity contribution in [2.24, 2.45) is 4.40 Å². The summed E-state index contributed by atoms with van der Waals surface area (Å²) in [6.07, 6.45) is 3.57. The molecule has 0 amide bonds. The maximum Gasteiger partial charge on any atom is 0.301 e. The number of aliphatic hydroxyl groups is 1. The lowest BCUT2D eigenvalue weighted by Gasteiger charge is -2.38. The van der Waals surface area contributed by atoms with E-state index in [2.05, 4.69) is 19.9 Å². The van der Waals surface area contributed by atoms with E-state index in [1.165, 1.54) is 6.07 Å². The van der Waals surface area contributed by atoms with E-state index in [0.717, 1.165) is 11.1 Å². The van der Waals surface area contributed by atoms with Gasteiger partial charge in [-0.2, -0.15) is 5.10 Å². The summed E-state index contributed by atoms with van der Waals surface area (Å²) in [6.45, 7) is 3.10. The van der Waals surface area contributed by atoms with Gasteiger partial charge >= 0.3 is 6.02 Å². The number of H-pyrrole nitrogens is 1. The molecule has 0 fully saturated rings. The van der Waals surface area contributed by atoms with Gasteiger partial charge in [-0.25, -0.2) is 12.8 Å². The number of nitrogens with one attached hydrogen (secondary N) is 2. The average Bonchev–Trinajstić information content (AvgIpc) is 3.27. The predicted molar refractivity (Wildman–Crippen MR) is 122 cm³/mol. The summed E-state index contributed by atoms with van der Waals surface area (Å²) < 4.78 is 50.6. The zero-order chi connectivity index (χ0) is 23.6. The van der Waals surface area contributed by atoms with E-state index in [9.17, 15) is 17.9 Å². The molecular weight excluding hydrogens is 447 g/mol. The lowest BCUT2D eigenvalue weighted by atomic mass is 9.96. The normalized spacial score (nSPS) is 19.9. The molecule has 3 aromatic rings. The van der Waals surface area contributed by atoms with Crippen molar-refractivity contribution in [2.45, 2.75) is 37.2 Å². The van der Waals surface area contributed by atoms with Crippen molar-refractivity contribution >= 4 is 16.0 Å². The molecule has 1 aromatic heterocycles. The number of hydrogen-bond acceptors (Lipinski definition) is 6. The Morgan fingerprint density at radius 2 is 1.91 bits per heavy atom. The van der Waals surface area contributed by atoms with Gasteiger partial charge in [0.1, 0.15) is 16.7 Å². The summed E-state index contributed by atoms with van der Waals surface area (Å²) in [5.41, 5.74) is 1.43. The number of nitrogens with zero attached hydrogens (tertiary/aromatic N) is 2. The van der Waals surface area contributed by atoms with Crippen molar-refractivity contribution < 1.29 is 22.7 Å². The molecule has 10 heteroatoms. The van der Waals surface area contributed by atoms with E-state index in [4.69, 9.17) is 4.74 Å². The summed E-state index contributed by atoms with van der Waals surface area (Å²) in [5.74, 6) is -0.474. The maximum absolute atomic E-state index is 14.3. The highest BCUT2D eigenvalue weighted by molar-refractivity contribution is 7.90. The molecule has 0 saturated heterocycles. The van der Waals surface area contributed by atoms with E-state index >= 15 is 0 Å². The number of aromatic amines is 1. The highest BCUT2D eigenvalue weighted by Crippen LogP contribution is 2.41. The standard InChI is InChI=1S/C23H25FN4O4S/c1-23(2)21(16-9-7-15(8-10-16)17-13-25-26-14-17)33(30,31)28-22(32-23)27-20(11-12-29)18-5-3-4-6-19(18)24/h3-10,13-14,20-21,29H,11-12H2,1-2H3,(H,25,26)(H,27,28)/t20-,21?/m0/s1. The molecule has 2 atom stereocenters. The Hall–Kier alpha value is -3.24. The van der Waals surface area contributed by atoms with Crippen molar-refractivity contribution in [1.82, 2.24) is 15.5 Å². The number of rotatable bonds is 6. The number of sulfonamides is 1. The van der Waals surface area contributed by atoms with Crippen LogP contribution in [-0.2, 0) is 14.8 Å². The van der Waals surface area contributed by atoms with Crippen LogP contribution in [0.15, 0.2) is 65.3 Å². The third kappa shape index (κ3) is 4.76. The third-order valence-electron chi connectivity index (χ3n) is 5.54. The van der Waals surface area contributed by atoms with Gasteiger partial charge in [0.05, 0.1) is 12.2 Å². The maximum atomic E-state index is 14.3. The number of halogens is 1. The molecule has 174 valence electrons. The van der Waals surface area contributed by atoms with Crippen molar-refractivity contribution in [2.75, 3.05) is 6.61 Å². The number of hydrogen-bond donors (Lipinski definition) is 3. The summed E-state index contributed by atoms with van der Waals surface area (Å²) >= 11 is 0. The Kier molecular flexibility index (Phi) is 6.22. The van der Waals surface area contributed by atoms with Crippen LogP contribution in [0.1, 0.15) is 42.7 Å². The third-order valence-corrected chi connectivity index (χ3v) is 7.40. The van der Waals surface area contributed by atoms with E-state index in [-0.39, 0.29) is 24.6 Å². The molecular formula is C23H25FN4O4S. The highest BCUT2D eigenvalue weighted by Gasteiger charge is 2.47. The molecule has 0 aliphatic carbocycles. The smallest absolute Gasteiger partial charge is 0.301 e. The summed E-state index contributed by atoms with van der Waals surface area (Å²) in [5, 5.41) is 17.9. The minimum atomic E-state index is -4.03. The predicted octanol–water partition coefficient (Wildman–Crippen LogP) is 3.46. The zero-order valence-electron chi connectivity index (χ0n) is 18.2. The van der Waals surface area contributed by atoms with Crippen molar-refractivity contribution in [3.63, 3.8) is 0 Å². The van der Waals surface area contributed by atoms with Gasteiger partial charge in [0.2, 0.25) is 0 Å². The van der Waals surface area contributed by atoms with Crippen LogP contribution in [0.2, 0.25) is 0 Å². The van der Waals surface area contributed by atoms with Crippen molar-refractivity contribution in [3.05, 3.63) is 77.9 Å². The summed E-state index contributed by atoms with van der Waals surface area (Å²) in [4.78, 5) is 0. The molecule has 33 heavy (non-hydrogen) atoms. The molecule has 0 saturated carbocycles. The first-order valence-electron chi connectivity index (χ1n) is 10.4. The van der Waals surface area contributed by atoms with Gasteiger partial charge in [0.25, 0.3) is 10.0 Å². The lowest BCUT2D eigenvalue weighted by molar-refractivity contribution is 0.0759. The fraction of sp³-hybridized carbons (Fsp3) is 0.304. The quantitative estimate of drug-likeness (QED) is 0.506. The second kappa shape index (κ2) is 8.95. The molecule has 1 aliphatic heterocycles. The van der Waals surface area contributed by atoms with Crippen LogP contribution < -0.4 is 5.32 Å². The van der Waals surface area contributed by atoms with Gasteiger partial charge < -0.3 is 15.2 Å². The van der Waals surface area contributed by atoms with Crippen LogP contribution >= 0.6 is 0 Å². The first-order valence-corrected chi connectivity index (χ1v) is 12.0. The van der Waals surface area contributed by atoms with Gasteiger partial charge in [0.15, 0.2) is 0 Å². The van der Waals surface area contributed by atoms with Gasteiger partial charge in [-0.3, -0.25) is 5.10 Å². The number of aliphatic hydroxyl groups excluding tert-OH is 1. The van der Waals surface area contributed by atoms with Crippen molar-refractivity contribution in [3.8, 4) is 11.1 Å². The van der Waals surface area contributed by atoms with Crippen LogP contribution in [0.4, 0.5) is 4.39 Å². The van der Waals surface area contributed by atoms with Crippen LogP contribution in [-0.4, -0.2) is 42.0 Å². The number of ether oxygens (including phenoxy) is 1. The molecule has 0 bridgehead atoms. The minimum Gasteiger partial charge on any atom is -0.457 e. The monoisotopic (exact) mass is 472 g/mol. The second-order valence-corrected chi connectivity index (χ2v) is 10.0. The summed E-state index contributed by atoms with van der Waals surface area (Å²) in [7, 11) is -4.03. The molecule has 0 spiro atoms. The molecule has 2 aromatic carbocycles. The van der Waals surface area contributed by atoms with Crippen LogP contribution in [0.5, 0.6) is 0 Å². The molecule has 1 aliphatic rings. The molecule has 2 heterocycles. The molecule has 4 rings (SSSR count). The van der Waals surface area contributed by atoms with Crippen molar-refractivity contribution in [1.29, 1.82) is 0 Å². The molecule has 1 unspecified atom stereocenters. The van der Waals surface area contributed by atoms with Gasteiger partial charge in [-0.05, 0) is 37.5 Å². The molecule has 3 N–H and O–H groups in total. The van der Waals surface area contributed by atoms with E-state index in [1.807, 2.05) is 12.1 Å². The zero-order valence-corrected chi connectivity index (χ0v) is 19.0. The first kappa shape index (κ1) is 22.9. The summed E-state index contributed by atoms with van der Waals surface area (Å²) in [6, 6.07) is 12.2. The molecule has 8 nitrogen and oxygen atoms in total. The second-order valence-electron chi connectivity index (χ2n) is 8.34. The van der Waals surface area contributed by atoms with Gasteiger partial charge in [0, 0.05) is 23.9 Å². The Morgan fingerprint density at radius 3 is 2.52 bits per heavy atom. The van der Waals surface area contributed by atoms with Crippen LogP contribution in [0, 0.1) is 5.82 Å². The fourth-order valence-electron chi connectivity index (χ4n) is 4.08. The fourth-order valence-corrected chi connectivity index (χ4v) is 5.77. The SMILES string of the molecule is CC1(C)OC(N[C@@H](CCO)c2ccccc2F)=NS(=O)(=O)C1c1ccc(-c2cn[nH]c2)cc1. The lowest BCUT2D eigenvalue weighted by Crippen LogP contribution is -2.47. The topological polar surface area (TPSA) is 117 Å². The van der Waals surface area contributed by atoms with Gasteiger partial charge in [-0.1, -0.05) is 42.5 Å². The Morgan fingerprint density at radius 1 is 1.18 bits per heavy atom. The number of amidine groups is 1. The Balaban J connectivity index is 1.63. The van der Waals surface area contributed by atoms with E-state index in [0.29, 0.717) is 5.56 Å². The largest absolute Gasteiger partial charge is 0.457 e. The highest BCUT2D eigenvalue weighted by atomic mass is 32.2. The van der Waals surface area contributed by atoms with Crippen LogP contribution in [0.3, 0.4) is 0 Å². The van der Waals surface area contributed by atoms with E-state index in [1.54, 1.807) is 56.6 Å². The Labute approximate surface area is 191 Å². The minimum absolute atomic E-state index is 0.142. The van der Waals surface area contributed by atoms with Gasteiger partial charge in [-0.15, -0.1) is 4.40 Å². The number of aromatic nitrogens is 2. The van der Waals surface area contributed by atoms with E-state index < -0.39 is 32.7 Å². The Bertz CT molecular complexity index is 1240. The molecule has 0 radical (unpaired) electrons. The number of benzene rings is 2. The first-order chi connectivity index (χ1) is 15.7. The average molecular weight is 473 g/mol.